The zero-order valence-corrected chi connectivity index (χ0v) is 17.2. The Morgan fingerprint density at radius 2 is 2.03 bits per heavy atom. The summed E-state index contributed by atoms with van der Waals surface area (Å²) >= 11 is 0.943. The number of nitrogens with one attached hydrogen (secondary N) is 2. The van der Waals surface area contributed by atoms with E-state index in [1.54, 1.807) is 24.5 Å². The third-order valence-corrected chi connectivity index (χ3v) is 5.34. The zero-order chi connectivity index (χ0) is 21.4. The van der Waals surface area contributed by atoms with E-state index in [-0.39, 0.29) is 30.1 Å². The van der Waals surface area contributed by atoms with E-state index in [1.807, 2.05) is 6.07 Å². The topological polar surface area (TPSA) is 165 Å². The number of pyridine rings is 1. The van der Waals surface area contributed by atoms with E-state index in [9.17, 15) is 23.4 Å². The van der Waals surface area contributed by atoms with Gasteiger partial charge in [0.15, 0.2) is 5.13 Å². The molecule has 2 aromatic rings. The maximum Gasteiger partial charge on any atom is 0.271 e. The lowest BCUT2D eigenvalue weighted by Crippen LogP contribution is -2.49. The van der Waals surface area contributed by atoms with Crippen molar-refractivity contribution in [2.24, 2.45) is 0 Å². The van der Waals surface area contributed by atoms with E-state index in [4.69, 9.17) is 5.26 Å². The summed E-state index contributed by atoms with van der Waals surface area (Å²) in [5, 5.41) is 33.4. The highest BCUT2D eigenvalue weighted by atomic mass is 32.2. The third kappa shape index (κ3) is 7.39. The number of hydrogen-bond donors (Lipinski definition) is 4. The number of aliphatic hydroxyl groups excluding tert-OH is 2. The summed E-state index contributed by atoms with van der Waals surface area (Å²) in [7, 11) is -3.53. The number of anilines is 1. The number of aliphatic hydroxyl groups is 2. The van der Waals surface area contributed by atoms with Crippen LogP contribution in [-0.2, 0) is 16.4 Å². The first kappa shape index (κ1) is 22.7. The molecule has 0 radical (unpaired) electrons. The quantitative estimate of drug-likeness (QED) is 0.410. The maximum atomic E-state index is 12.6. The summed E-state index contributed by atoms with van der Waals surface area (Å²) in [5.41, 5.74) is 0.745. The van der Waals surface area contributed by atoms with Crippen LogP contribution >= 0.6 is 11.3 Å². The largest absolute Gasteiger partial charge is 0.390 e. The SMILES string of the molecule is CS(=O)(=O)Nc1nc(C(=O)NC(Cc2ccncc2)C(O)C(O)CCC#N)cs1. The van der Waals surface area contributed by atoms with Crippen LogP contribution in [-0.4, -0.2) is 59.0 Å². The highest BCUT2D eigenvalue weighted by Crippen LogP contribution is 2.18. The molecule has 0 aliphatic heterocycles. The van der Waals surface area contributed by atoms with Gasteiger partial charge in [0.2, 0.25) is 10.0 Å². The van der Waals surface area contributed by atoms with Crippen molar-refractivity contribution in [3.63, 3.8) is 0 Å². The molecule has 12 heteroatoms. The van der Waals surface area contributed by atoms with Crippen LogP contribution < -0.4 is 10.0 Å². The van der Waals surface area contributed by atoms with Gasteiger partial charge >= 0.3 is 0 Å². The molecule has 0 saturated carbocycles. The monoisotopic (exact) mass is 439 g/mol. The first-order chi connectivity index (χ1) is 13.7. The summed E-state index contributed by atoms with van der Waals surface area (Å²) < 4.78 is 24.7. The molecule has 2 heterocycles. The van der Waals surface area contributed by atoms with Crippen LogP contribution in [0.3, 0.4) is 0 Å². The highest BCUT2D eigenvalue weighted by Gasteiger charge is 2.29. The van der Waals surface area contributed by atoms with Crippen LogP contribution in [0.25, 0.3) is 0 Å². The minimum absolute atomic E-state index is 0.0282. The molecule has 2 aromatic heterocycles. The Balaban J connectivity index is 2.15. The lowest BCUT2D eigenvalue weighted by atomic mass is 9.96. The van der Waals surface area contributed by atoms with E-state index < -0.39 is 34.2 Å². The molecular weight excluding hydrogens is 418 g/mol. The Kier molecular flexibility index (Phi) is 8.03. The molecule has 0 aromatic carbocycles. The predicted molar refractivity (Wildman–Crippen MR) is 107 cm³/mol. The number of nitriles is 1. The third-order valence-electron chi connectivity index (χ3n) is 3.89. The average Bonchev–Trinajstić information content (AvgIpc) is 3.12. The van der Waals surface area contributed by atoms with Gasteiger partial charge in [0, 0.05) is 24.2 Å². The van der Waals surface area contributed by atoms with Gasteiger partial charge in [-0.3, -0.25) is 14.5 Å². The van der Waals surface area contributed by atoms with E-state index >= 15 is 0 Å². The lowest BCUT2D eigenvalue weighted by Gasteiger charge is -2.27. The number of aromatic nitrogens is 2. The molecule has 3 atom stereocenters. The molecule has 0 saturated heterocycles. The van der Waals surface area contributed by atoms with Crippen molar-refractivity contribution in [2.75, 3.05) is 11.0 Å². The molecule has 1 amide bonds. The summed E-state index contributed by atoms with van der Waals surface area (Å²) in [4.78, 5) is 20.4. The molecule has 4 N–H and O–H groups in total. The minimum atomic E-state index is -3.53. The Hall–Kier alpha value is -2.59. The summed E-state index contributed by atoms with van der Waals surface area (Å²) in [5.74, 6) is -0.631. The van der Waals surface area contributed by atoms with Gasteiger partial charge in [-0.2, -0.15) is 5.26 Å². The van der Waals surface area contributed by atoms with Crippen molar-refractivity contribution >= 4 is 32.4 Å². The number of hydrogen-bond acceptors (Lipinski definition) is 9. The number of carbonyl (C=O) groups excluding carboxylic acids is 1. The molecular formula is C17H21N5O5S2. The number of amides is 1. The van der Waals surface area contributed by atoms with E-state index in [0.717, 1.165) is 23.2 Å². The van der Waals surface area contributed by atoms with Crippen LogP contribution in [0.4, 0.5) is 5.13 Å². The second kappa shape index (κ2) is 10.3. The first-order valence-corrected chi connectivity index (χ1v) is 11.3. The predicted octanol–water partition coefficient (Wildman–Crippen LogP) is 0.276. The van der Waals surface area contributed by atoms with Gasteiger partial charge in [-0.1, -0.05) is 0 Å². The Morgan fingerprint density at radius 3 is 2.66 bits per heavy atom. The highest BCUT2D eigenvalue weighted by molar-refractivity contribution is 7.92. The number of carbonyl (C=O) groups is 1. The standard InChI is InChI=1S/C17H21N5O5S2/c1-29(26,27)22-17-21-13(10-28-17)16(25)20-12(9-11-4-7-19-8-5-11)15(24)14(23)3-2-6-18/h4-5,7-8,10,12,14-15,23-24H,2-3,9H2,1H3,(H,20,25)(H,21,22). The van der Waals surface area contributed by atoms with Crippen LogP contribution in [0.2, 0.25) is 0 Å². The fraction of sp³-hybridized carbons (Fsp3) is 0.412. The Labute approximate surface area is 172 Å². The Bertz CT molecular complexity index is 958. The van der Waals surface area contributed by atoms with Crippen molar-refractivity contribution in [1.82, 2.24) is 15.3 Å². The molecule has 3 unspecified atom stereocenters. The van der Waals surface area contributed by atoms with Crippen molar-refractivity contribution in [3.8, 4) is 6.07 Å². The smallest absolute Gasteiger partial charge is 0.271 e. The second-order valence-electron chi connectivity index (χ2n) is 6.31. The zero-order valence-electron chi connectivity index (χ0n) is 15.5. The van der Waals surface area contributed by atoms with E-state index in [1.165, 1.54) is 5.38 Å². The van der Waals surface area contributed by atoms with Crippen LogP contribution in [0.15, 0.2) is 29.9 Å². The van der Waals surface area contributed by atoms with Gasteiger partial charge < -0.3 is 15.5 Å². The lowest BCUT2D eigenvalue weighted by molar-refractivity contribution is -0.00646. The van der Waals surface area contributed by atoms with Gasteiger partial charge in [0.25, 0.3) is 5.91 Å². The minimum Gasteiger partial charge on any atom is -0.390 e. The van der Waals surface area contributed by atoms with Crippen LogP contribution in [0.5, 0.6) is 0 Å². The molecule has 29 heavy (non-hydrogen) atoms. The van der Waals surface area contributed by atoms with Gasteiger partial charge in [-0.25, -0.2) is 13.4 Å². The number of thiazole rings is 1. The average molecular weight is 440 g/mol. The first-order valence-electron chi connectivity index (χ1n) is 8.55. The van der Waals surface area contributed by atoms with Gasteiger partial charge in [-0.15, -0.1) is 11.3 Å². The Morgan fingerprint density at radius 1 is 1.34 bits per heavy atom. The van der Waals surface area contributed by atoms with Crippen LogP contribution in [0, 0.1) is 11.3 Å². The fourth-order valence-corrected chi connectivity index (χ4v) is 4.05. The summed E-state index contributed by atoms with van der Waals surface area (Å²) in [6, 6.07) is 4.46. The normalized spacial score (nSPS) is 14.4. The molecule has 0 aliphatic carbocycles. The number of nitrogens with zero attached hydrogens (tertiary/aromatic N) is 3. The fourth-order valence-electron chi connectivity index (χ4n) is 2.51. The van der Waals surface area contributed by atoms with Crippen molar-refractivity contribution in [2.45, 2.75) is 37.5 Å². The van der Waals surface area contributed by atoms with E-state index in [2.05, 4.69) is 20.0 Å². The van der Waals surface area contributed by atoms with Gasteiger partial charge in [0.1, 0.15) is 11.8 Å². The molecule has 0 fully saturated rings. The molecule has 0 bridgehead atoms. The number of sulfonamides is 1. The molecule has 0 aliphatic rings. The number of rotatable bonds is 10. The van der Waals surface area contributed by atoms with Crippen LogP contribution in [0.1, 0.15) is 28.9 Å². The van der Waals surface area contributed by atoms with Crippen molar-refractivity contribution in [1.29, 1.82) is 5.26 Å². The van der Waals surface area contributed by atoms with Crippen molar-refractivity contribution in [3.05, 3.63) is 41.2 Å². The molecule has 0 spiro atoms. The summed E-state index contributed by atoms with van der Waals surface area (Å²) in [6.07, 6.45) is 1.88. The van der Waals surface area contributed by atoms with E-state index in [0.29, 0.717) is 0 Å². The van der Waals surface area contributed by atoms with Gasteiger partial charge in [0.05, 0.1) is 24.5 Å². The summed E-state index contributed by atoms with van der Waals surface area (Å²) in [6.45, 7) is 0. The molecule has 156 valence electrons. The van der Waals surface area contributed by atoms with Gasteiger partial charge in [-0.05, 0) is 30.5 Å². The molecule has 10 nitrogen and oxygen atoms in total. The molecule has 2 rings (SSSR count). The second-order valence-corrected chi connectivity index (χ2v) is 8.91. The van der Waals surface area contributed by atoms with Crippen molar-refractivity contribution < 1.29 is 23.4 Å². The maximum absolute atomic E-state index is 12.6.